The second kappa shape index (κ2) is 7.27. The molecule has 5 rings (SSSR count). The molecule has 1 atom stereocenters. The topological polar surface area (TPSA) is 39.4 Å². The number of ether oxygens (including phenoxy) is 1. The molecule has 3 aromatic carbocycles. The molecular formula is C25H19O3P. The molecule has 142 valence electrons. The first-order valence-electron chi connectivity index (χ1n) is 9.50. The Balaban J connectivity index is 1.78. The largest absolute Gasteiger partial charge is 0.461 e. The van der Waals surface area contributed by atoms with Crippen molar-refractivity contribution in [3.63, 3.8) is 0 Å². The van der Waals surface area contributed by atoms with E-state index in [9.17, 15) is 4.57 Å². The van der Waals surface area contributed by atoms with E-state index in [0.717, 1.165) is 16.2 Å². The third-order valence-electron chi connectivity index (χ3n) is 5.20. The summed E-state index contributed by atoms with van der Waals surface area (Å²) in [5.41, 5.74) is 0.552. The van der Waals surface area contributed by atoms with E-state index in [4.69, 9.17) is 9.15 Å². The van der Waals surface area contributed by atoms with E-state index in [1.807, 2.05) is 103 Å². The Morgan fingerprint density at radius 2 is 1.31 bits per heavy atom. The van der Waals surface area contributed by atoms with E-state index < -0.39 is 7.14 Å². The van der Waals surface area contributed by atoms with Crippen LogP contribution in [0.25, 0.3) is 5.76 Å². The van der Waals surface area contributed by atoms with Crippen molar-refractivity contribution in [3.05, 3.63) is 121 Å². The van der Waals surface area contributed by atoms with Gasteiger partial charge < -0.3 is 13.7 Å². The first-order chi connectivity index (χ1) is 14.3. The van der Waals surface area contributed by atoms with Gasteiger partial charge in [0.15, 0.2) is 18.7 Å². The summed E-state index contributed by atoms with van der Waals surface area (Å²) in [6, 6.07) is 30.9. The van der Waals surface area contributed by atoms with E-state index in [1.54, 1.807) is 6.26 Å². The lowest BCUT2D eigenvalue weighted by atomic mass is 10.1. The van der Waals surface area contributed by atoms with Gasteiger partial charge in [-0.05, 0) is 24.3 Å². The maximum Gasteiger partial charge on any atom is 0.168 e. The Labute approximate surface area is 169 Å². The number of furan rings is 1. The zero-order valence-electron chi connectivity index (χ0n) is 15.6. The van der Waals surface area contributed by atoms with Crippen LogP contribution in [0.15, 0.2) is 114 Å². The molecule has 29 heavy (non-hydrogen) atoms. The lowest BCUT2D eigenvalue weighted by molar-refractivity contribution is 0.452. The fourth-order valence-electron chi connectivity index (χ4n) is 3.82. The standard InChI is InChI=1S/C25H19O3P/c26-29(19-10-3-1-4-11-19,20-12-5-2-6-13-20)25-18-24(23-16-9-17-27-23)28-22-15-8-7-14-21(22)25/h1-18,25H. The highest BCUT2D eigenvalue weighted by atomic mass is 31.2. The van der Waals surface area contributed by atoms with Gasteiger partial charge in [-0.2, -0.15) is 0 Å². The maximum absolute atomic E-state index is 14.9. The van der Waals surface area contributed by atoms with Crippen LogP contribution in [0, 0.1) is 0 Å². The fraction of sp³-hybridized carbons (Fsp3) is 0.0400. The van der Waals surface area contributed by atoms with Gasteiger partial charge in [0.2, 0.25) is 0 Å². The molecule has 0 saturated carbocycles. The van der Waals surface area contributed by atoms with E-state index >= 15 is 0 Å². The Bertz CT molecular complexity index is 1150. The minimum absolute atomic E-state index is 0.364. The van der Waals surface area contributed by atoms with Gasteiger partial charge in [0.1, 0.15) is 5.75 Å². The normalized spacial score (nSPS) is 15.9. The smallest absolute Gasteiger partial charge is 0.168 e. The minimum Gasteiger partial charge on any atom is -0.461 e. The molecule has 4 aromatic rings. The Kier molecular flexibility index (Phi) is 4.46. The number of para-hydroxylation sites is 1. The first-order valence-corrected chi connectivity index (χ1v) is 11.3. The molecule has 1 unspecified atom stereocenters. The highest BCUT2D eigenvalue weighted by Crippen LogP contribution is 2.61. The predicted octanol–water partition coefficient (Wildman–Crippen LogP) is 5.77. The zero-order valence-corrected chi connectivity index (χ0v) is 16.5. The highest BCUT2D eigenvalue weighted by Gasteiger charge is 2.40. The molecule has 3 nitrogen and oxygen atoms in total. The number of hydrogen-bond acceptors (Lipinski definition) is 3. The van der Waals surface area contributed by atoms with Crippen molar-refractivity contribution in [1.29, 1.82) is 0 Å². The number of allylic oxidation sites excluding steroid dienone is 1. The molecule has 2 heterocycles. The van der Waals surface area contributed by atoms with Crippen LogP contribution in [-0.2, 0) is 4.57 Å². The average molecular weight is 398 g/mol. The lowest BCUT2D eigenvalue weighted by Gasteiger charge is -2.31. The second-order valence-electron chi connectivity index (χ2n) is 6.92. The molecule has 1 aliphatic rings. The van der Waals surface area contributed by atoms with Gasteiger partial charge in [-0.25, -0.2) is 0 Å². The zero-order chi connectivity index (χ0) is 19.7. The van der Waals surface area contributed by atoms with Crippen molar-refractivity contribution in [1.82, 2.24) is 0 Å². The Hall–Kier alpha value is -3.29. The molecule has 0 saturated heterocycles. The Morgan fingerprint density at radius 1 is 0.690 bits per heavy atom. The van der Waals surface area contributed by atoms with Crippen molar-refractivity contribution in [2.45, 2.75) is 5.66 Å². The molecule has 0 radical (unpaired) electrons. The second-order valence-corrected chi connectivity index (χ2v) is 9.83. The molecule has 0 bridgehead atoms. The third-order valence-corrected chi connectivity index (χ3v) is 8.54. The molecule has 4 heteroatoms. The van der Waals surface area contributed by atoms with Crippen LogP contribution in [0.2, 0.25) is 0 Å². The fourth-order valence-corrected chi connectivity index (χ4v) is 6.95. The van der Waals surface area contributed by atoms with Gasteiger partial charge in [0.25, 0.3) is 0 Å². The molecule has 1 aliphatic heterocycles. The van der Waals surface area contributed by atoms with Crippen LogP contribution in [-0.4, -0.2) is 0 Å². The van der Waals surface area contributed by atoms with Gasteiger partial charge in [-0.3, -0.25) is 0 Å². The van der Waals surface area contributed by atoms with Crippen molar-refractivity contribution < 1.29 is 13.7 Å². The summed E-state index contributed by atoms with van der Waals surface area (Å²) in [5, 5.41) is 1.64. The highest BCUT2D eigenvalue weighted by molar-refractivity contribution is 7.79. The van der Waals surface area contributed by atoms with Crippen molar-refractivity contribution in [3.8, 4) is 5.75 Å². The molecule has 1 aromatic heterocycles. The molecular weight excluding hydrogens is 379 g/mol. The van der Waals surface area contributed by atoms with Crippen LogP contribution < -0.4 is 15.3 Å². The first kappa shape index (κ1) is 17.8. The Morgan fingerprint density at radius 3 is 1.93 bits per heavy atom. The molecule has 0 fully saturated rings. The summed E-state index contributed by atoms with van der Waals surface area (Å²) in [6.07, 6.45) is 3.56. The lowest BCUT2D eigenvalue weighted by Crippen LogP contribution is -2.22. The maximum atomic E-state index is 14.9. The summed E-state index contributed by atoms with van der Waals surface area (Å²) in [4.78, 5) is 0. The summed E-state index contributed by atoms with van der Waals surface area (Å²) >= 11 is 0. The number of benzene rings is 3. The monoisotopic (exact) mass is 398 g/mol. The van der Waals surface area contributed by atoms with Crippen LogP contribution in [0.4, 0.5) is 0 Å². The molecule has 0 spiro atoms. The van der Waals surface area contributed by atoms with Crippen LogP contribution in [0.1, 0.15) is 17.0 Å². The van der Waals surface area contributed by atoms with E-state index in [-0.39, 0.29) is 5.66 Å². The quantitative estimate of drug-likeness (QED) is 0.410. The minimum atomic E-state index is -3.07. The summed E-state index contributed by atoms with van der Waals surface area (Å²) in [5.74, 6) is 1.92. The summed E-state index contributed by atoms with van der Waals surface area (Å²) < 4.78 is 26.6. The SMILES string of the molecule is O=P(c1ccccc1)(c1ccccc1)C1C=C(c2ccco2)Oc2ccccc21. The van der Waals surface area contributed by atoms with Gasteiger partial charge in [0.05, 0.1) is 11.9 Å². The van der Waals surface area contributed by atoms with Crippen LogP contribution in [0.5, 0.6) is 5.75 Å². The number of rotatable bonds is 4. The van der Waals surface area contributed by atoms with Gasteiger partial charge >= 0.3 is 0 Å². The number of hydrogen-bond donors (Lipinski definition) is 0. The summed E-state index contributed by atoms with van der Waals surface area (Å²) in [6.45, 7) is 0. The number of fused-ring (bicyclic) bond motifs is 1. The summed E-state index contributed by atoms with van der Waals surface area (Å²) in [7, 11) is -3.07. The molecule has 0 amide bonds. The van der Waals surface area contributed by atoms with Crippen molar-refractivity contribution in [2.75, 3.05) is 0 Å². The van der Waals surface area contributed by atoms with E-state index in [2.05, 4.69) is 0 Å². The van der Waals surface area contributed by atoms with E-state index in [0.29, 0.717) is 17.3 Å². The molecule has 0 N–H and O–H groups in total. The predicted molar refractivity (Wildman–Crippen MR) is 116 cm³/mol. The van der Waals surface area contributed by atoms with Crippen molar-refractivity contribution in [2.24, 2.45) is 0 Å². The van der Waals surface area contributed by atoms with Crippen molar-refractivity contribution >= 4 is 23.5 Å². The van der Waals surface area contributed by atoms with Gasteiger partial charge in [0, 0.05) is 16.2 Å². The van der Waals surface area contributed by atoms with E-state index in [1.165, 1.54) is 0 Å². The van der Waals surface area contributed by atoms with Crippen LogP contribution >= 0.6 is 7.14 Å². The van der Waals surface area contributed by atoms with Gasteiger partial charge in [-0.15, -0.1) is 0 Å². The molecule has 0 aliphatic carbocycles. The van der Waals surface area contributed by atoms with Gasteiger partial charge in [-0.1, -0.05) is 78.9 Å². The average Bonchev–Trinajstić information content (AvgIpc) is 3.34. The third kappa shape index (κ3) is 3.04. The van der Waals surface area contributed by atoms with Crippen LogP contribution in [0.3, 0.4) is 0 Å².